The maximum Gasteiger partial charge on any atom is 0.251 e. The van der Waals surface area contributed by atoms with Crippen LogP contribution in [0.1, 0.15) is 5.69 Å². The maximum atomic E-state index is 14.2. The first-order chi connectivity index (χ1) is 13.1. The lowest BCUT2D eigenvalue weighted by Gasteiger charge is -2.14. The zero-order valence-electron chi connectivity index (χ0n) is 14.5. The Morgan fingerprint density at radius 3 is 2.56 bits per heavy atom. The summed E-state index contributed by atoms with van der Waals surface area (Å²) < 4.78 is 20.6. The Bertz CT molecular complexity index is 1050. The smallest absolute Gasteiger partial charge is 0.251 e. The number of para-hydroxylation sites is 2. The zero-order valence-corrected chi connectivity index (χ0v) is 14.5. The number of nitrogens with zero attached hydrogens (tertiary/aromatic N) is 2. The molecule has 3 aromatic rings. The number of rotatable bonds is 6. The van der Waals surface area contributed by atoms with E-state index in [4.69, 9.17) is 10.1 Å². The quantitative estimate of drug-likeness (QED) is 0.656. The normalized spacial score (nSPS) is 11.1. The molecule has 0 saturated heterocycles. The highest BCUT2D eigenvalue weighted by Crippen LogP contribution is 2.19. The van der Waals surface area contributed by atoms with Crippen molar-refractivity contribution >= 4 is 17.6 Å². The Morgan fingerprint density at radius 1 is 1.19 bits per heavy atom. The fourth-order valence-electron chi connectivity index (χ4n) is 2.49. The van der Waals surface area contributed by atoms with E-state index in [1.807, 2.05) is 30.3 Å². The van der Waals surface area contributed by atoms with Gasteiger partial charge in [0.2, 0.25) is 0 Å². The molecule has 2 aromatic carbocycles. The van der Waals surface area contributed by atoms with Crippen molar-refractivity contribution in [2.24, 2.45) is 0 Å². The SMILES string of the molecule is COc1cn(-c2ccccc2F)nc(/C(=C/C=N)Nc2ccccc2)c1=O. The standard InChI is InChI=1S/C20H17FN4O2/c1-27-18-13-25(17-10-6-5-9-15(17)21)24-19(20(18)26)16(11-12-22)23-14-7-3-2-4-8-14/h2-13,22-23H,1H3/b16-11-,22-12?. The zero-order chi connectivity index (χ0) is 19.2. The summed E-state index contributed by atoms with van der Waals surface area (Å²) in [5.74, 6) is -0.482. The lowest BCUT2D eigenvalue weighted by Crippen LogP contribution is -2.21. The average Bonchev–Trinajstić information content (AvgIpc) is 2.69. The van der Waals surface area contributed by atoms with Crippen molar-refractivity contribution in [3.8, 4) is 11.4 Å². The number of aromatic nitrogens is 2. The molecule has 136 valence electrons. The summed E-state index contributed by atoms with van der Waals surface area (Å²) in [5, 5.41) is 14.7. The first kappa shape index (κ1) is 18.1. The van der Waals surface area contributed by atoms with Gasteiger partial charge in [-0.3, -0.25) is 4.79 Å². The predicted octanol–water partition coefficient (Wildman–Crippen LogP) is 3.48. The molecule has 0 fully saturated rings. The van der Waals surface area contributed by atoms with Crippen LogP contribution < -0.4 is 15.5 Å². The molecule has 2 N–H and O–H groups in total. The molecule has 0 spiro atoms. The first-order valence-electron chi connectivity index (χ1n) is 8.10. The Kier molecular flexibility index (Phi) is 5.41. The third-order valence-corrected chi connectivity index (χ3v) is 3.76. The number of nitrogens with one attached hydrogen (secondary N) is 2. The van der Waals surface area contributed by atoms with Gasteiger partial charge in [0.15, 0.2) is 11.4 Å². The molecule has 0 aliphatic rings. The van der Waals surface area contributed by atoms with Crippen LogP contribution in [-0.2, 0) is 0 Å². The number of benzene rings is 2. The van der Waals surface area contributed by atoms with Gasteiger partial charge in [0.25, 0.3) is 5.43 Å². The second kappa shape index (κ2) is 8.09. The molecule has 0 atom stereocenters. The van der Waals surface area contributed by atoms with Crippen LogP contribution in [-0.4, -0.2) is 23.1 Å². The van der Waals surface area contributed by atoms with Crippen LogP contribution in [0.25, 0.3) is 11.4 Å². The molecule has 1 heterocycles. The molecule has 6 nitrogen and oxygen atoms in total. The van der Waals surface area contributed by atoms with Crippen LogP contribution in [0.5, 0.6) is 5.75 Å². The minimum atomic E-state index is -0.491. The molecule has 0 aliphatic heterocycles. The summed E-state index contributed by atoms with van der Waals surface area (Å²) in [7, 11) is 1.36. The minimum Gasteiger partial charge on any atom is -0.491 e. The van der Waals surface area contributed by atoms with E-state index >= 15 is 0 Å². The number of halogens is 1. The molecule has 7 heteroatoms. The molecule has 27 heavy (non-hydrogen) atoms. The van der Waals surface area contributed by atoms with Crippen molar-refractivity contribution in [3.05, 3.63) is 88.6 Å². The van der Waals surface area contributed by atoms with Gasteiger partial charge in [-0.1, -0.05) is 30.3 Å². The largest absolute Gasteiger partial charge is 0.491 e. The van der Waals surface area contributed by atoms with E-state index < -0.39 is 11.2 Å². The van der Waals surface area contributed by atoms with Crippen LogP contribution in [0, 0.1) is 11.2 Å². The second-order valence-corrected chi connectivity index (χ2v) is 5.51. The van der Waals surface area contributed by atoms with Crippen molar-refractivity contribution in [2.45, 2.75) is 0 Å². The summed E-state index contributed by atoms with van der Waals surface area (Å²) in [6.45, 7) is 0. The third-order valence-electron chi connectivity index (χ3n) is 3.76. The molecule has 0 unspecified atom stereocenters. The van der Waals surface area contributed by atoms with Gasteiger partial charge in [0.1, 0.15) is 11.5 Å². The Morgan fingerprint density at radius 2 is 1.89 bits per heavy atom. The number of hydrogen-bond donors (Lipinski definition) is 2. The third kappa shape index (κ3) is 3.92. The van der Waals surface area contributed by atoms with Gasteiger partial charge >= 0.3 is 0 Å². The topological polar surface area (TPSA) is 80.0 Å². The lowest BCUT2D eigenvalue weighted by atomic mass is 10.2. The molecule has 0 aliphatic carbocycles. The average molecular weight is 364 g/mol. The van der Waals surface area contributed by atoms with Crippen LogP contribution in [0.15, 0.2) is 71.7 Å². The van der Waals surface area contributed by atoms with Gasteiger partial charge in [0, 0.05) is 11.9 Å². The van der Waals surface area contributed by atoms with E-state index in [1.54, 1.807) is 18.2 Å². The predicted molar refractivity (Wildman–Crippen MR) is 103 cm³/mol. The number of allylic oxidation sites excluding steroid dienone is 1. The summed E-state index contributed by atoms with van der Waals surface area (Å²) in [5.41, 5.74) is 0.717. The highest BCUT2D eigenvalue weighted by molar-refractivity contribution is 5.87. The van der Waals surface area contributed by atoms with Crippen LogP contribution >= 0.6 is 0 Å². The first-order valence-corrected chi connectivity index (χ1v) is 8.10. The van der Waals surface area contributed by atoms with Gasteiger partial charge in [-0.25, -0.2) is 9.07 Å². The second-order valence-electron chi connectivity index (χ2n) is 5.51. The molecule has 0 radical (unpaired) electrons. The molecule has 3 rings (SSSR count). The minimum absolute atomic E-state index is 0.00459. The van der Waals surface area contributed by atoms with Crippen LogP contribution in [0.4, 0.5) is 10.1 Å². The summed E-state index contributed by atoms with van der Waals surface area (Å²) >= 11 is 0. The van der Waals surface area contributed by atoms with Crippen LogP contribution in [0.3, 0.4) is 0 Å². The van der Waals surface area contributed by atoms with E-state index in [-0.39, 0.29) is 17.1 Å². The Balaban J connectivity index is 2.16. The fraction of sp³-hybridized carbons (Fsp3) is 0.0500. The van der Waals surface area contributed by atoms with E-state index in [9.17, 15) is 9.18 Å². The number of methoxy groups -OCH3 is 1. The number of anilines is 1. The summed E-state index contributed by atoms with van der Waals surface area (Å²) in [6.07, 6.45) is 3.77. The fourth-order valence-corrected chi connectivity index (χ4v) is 2.49. The van der Waals surface area contributed by atoms with Gasteiger partial charge < -0.3 is 15.5 Å². The Labute approximate surface area is 155 Å². The van der Waals surface area contributed by atoms with Gasteiger partial charge in [-0.15, -0.1) is 0 Å². The molecular weight excluding hydrogens is 347 g/mol. The Hall–Kier alpha value is -3.74. The van der Waals surface area contributed by atoms with Gasteiger partial charge in [0.05, 0.1) is 19.0 Å². The maximum absolute atomic E-state index is 14.2. The molecule has 0 bridgehead atoms. The van der Waals surface area contributed by atoms with Crippen molar-refractivity contribution in [1.82, 2.24) is 9.78 Å². The van der Waals surface area contributed by atoms with Crippen molar-refractivity contribution < 1.29 is 9.13 Å². The summed E-state index contributed by atoms with van der Waals surface area (Å²) in [4.78, 5) is 12.7. The lowest BCUT2D eigenvalue weighted by molar-refractivity contribution is 0.404. The molecule has 1 aromatic heterocycles. The highest BCUT2D eigenvalue weighted by atomic mass is 19.1. The highest BCUT2D eigenvalue weighted by Gasteiger charge is 2.16. The van der Waals surface area contributed by atoms with E-state index in [2.05, 4.69) is 10.4 Å². The van der Waals surface area contributed by atoms with Gasteiger partial charge in [-0.2, -0.15) is 5.10 Å². The summed E-state index contributed by atoms with van der Waals surface area (Å²) in [6, 6.07) is 15.2. The van der Waals surface area contributed by atoms with Crippen LogP contribution in [0.2, 0.25) is 0 Å². The molecule has 0 amide bonds. The van der Waals surface area contributed by atoms with E-state index in [1.165, 1.54) is 30.1 Å². The van der Waals surface area contributed by atoms with Crippen molar-refractivity contribution in [2.75, 3.05) is 12.4 Å². The molecule has 0 saturated carbocycles. The molecular formula is C20H17FN4O2. The van der Waals surface area contributed by atoms with E-state index in [0.717, 1.165) is 6.21 Å². The monoisotopic (exact) mass is 364 g/mol. The van der Waals surface area contributed by atoms with Crippen molar-refractivity contribution in [1.29, 1.82) is 5.41 Å². The van der Waals surface area contributed by atoms with E-state index in [0.29, 0.717) is 11.4 Å². The van der Waals surface area contributed by atoms with Gasteiger partial charge in [-0.05, 0) is 30.3 Å². The van der Waals surface area contributed by atoms with Crippen molar-refractivity contribution in [3.63, 3.8) is 0 Å². The number of hydrogen-bond acceptors (Lipinski definition) is 5. The number of ether oxygens (including phenoxy) is 1.